The number of benzene rings is 2. The number of nitrogens with zero attached hydrogens (tertiary/aromatic N) is 3. The van der Waals surface area contributed by atoms with Crippen LogP contribution in [0.3, 0.4) is 0 Å². The lowest BCUT2D eigenvalue weighted by Crippen LogP contribution is -2.23. The SMILES string of the molecule is Clc1ccc(C(C(Cl)OCc2ccc(Cl)cc2Cl)n2ccnc2)cc1.O=[N+]([O-])[O-]. The first kappa shape index (κ1) is 23.3. The standard InChI is InChI=1S/C18H14Cl4N2O.NO3/c19-14-4-1-12(2-5-14)17(24-8-7-23-11-24)18(22)25-10-13-3-6-15(20)9-16(13)21;2-1(3)4/h1-9,11,17-18H,10H2;/q;-1. The van der Waals surface area contributed by atoms with Crippen LogP contribution in [0.4, 0.5) is 0 Å². The first-order chi connectivity index (χ1) is 13.8. The zero-order valence-electron chi connectivity index (χ0n) is 14.6. The van der Waals surface area contributed by atoms with Crippen molar-refractivity contribution < 1.29 is 9.82 Å². The van der Waals surface area contributed by atoms with E-state index >= 15 is 0 Å². The smallest absolute Gasteiger partial charge is 0.156 e. The van der Waals surface area contributed by atoms with E-state index in [1.807, 2.05) is 41.1 Å². The largest absolute Gasteiger partial charge is 0.356 e. The molecule has 0 aliphatic heterocycles. The molecular formula is C18H14Cl4N3O4-. The number of aromatic nitrogens is 2. The van der Waals surface area contributed by atoms with Gasteiger partial charge in [-0.2, -0.15) is 0 Å². The van der Waals surface area contributed by atoms with E-state index in [-0.39, 0.29) is 12.6 Å². The molecule has 0 aliphatic rings. The number of rotatable bonds is 6. The van der Waals surface area contributed by atoms with Crippen molar-refractivity contribution in [1.82, 2.24) is 9.55 Å². The monoisotopic (exact) mass is 476 g/mol. The Morgan fingerprint density at radius 2 is 1.69 bits per heavy atom. The number of halogens is 4. The molecule has 0 N–H and O–H groups in total. The summed E-state index contributed by atoms with van der Waals surface area (Å²) in [4.78, 5) is 12.3. The second-order valence-electron chi connectivity index (χ2n) is 5.63. The van der Waals surface area contributed by atoms with Crippen LogP contribution in [0.2, 0.25) is 15.1 Å². The first-order valence-corrected chi connectivity index (χ1v) is 9.59. The number of alkyl halides is 1. The zero-order valence-corrected chi connectivity index (χ0v) is 17.6. The summed E-state index contributed by atoms with van der Waals surface area (Å²) in [7, 11) is 0. The summed E-state index contributed by atoms with van der Waals surface area (Å²) in [5, 5.41) is 16.5. The van der Waals surface area contributed by atoms with Gasteiger partial charge in [-0.15, -0.1) is 0 Å². The second kappa shape index (κ2) is 11.2. The van der Waals surface area contributed by atoms with E-state index in [1.54, 1.807) is 24.7 Å². The molecule has 0 aliphatic carbocycles. The summed E-state index contributed by atoms with van der Waals surface area (Å²) in [6.07, 6.45) is 5.24. The fourth-order valence-corrected chi connectivity index (χ4v) is 3.38. The van der Waals surface area contributed by atoms with E-state index in [9.17, 15) is 0 Å². The summed E-state index contributed by atoms with van der Waals surface area (Å²) >= 11 is 24.7. The van der Waals surface area contributed by atoms with Gasteiger partial charge in [0.15, 0.2) is 5.56 Å². The molecule has 3 aromatic rings. The molecule has 154 valence electrons. The van der Waals surface area contributed by atoms with Crippen LogP contribution in [-0.2, 0) is 11.3 Å². The Morgan fingerprint density at radius 3 is 2.24 bits per heavy atom. The highest BCUT2D eigenvalue weighted by atomic mass is 35.5. The van der Waals surface area contributed by atoms with Crippen molar-refractivity contribution >= 4 is 46.4 Å². The molecule has 1 aromatic heterocycles. The minimum absolute atomic E-state index is 0.257. The van der Waals surface area contributed by atoms with Gasteiger partial charge in [-0.05, 0) is 35.4 Å². The van der Waals surface area contributed by atoms with Gasteiger partial charge < -0.3 is 24.6 Å². The molecule has 0 spiro atoms. The Morgan fingerprint density at radius 1 is 1.07 bits per heavy atom. The normalized spacial score (nSPS) is 12.6. The van der Waals surface area contributed by atoms with Crippen molar-refractivity contribution in [2.24, 2.45) is 0 Å². The molecule has 7 nitrogen and oxygen atoms in total. The van der Waals surface area contributed by atoms with Crippen LogP contribution in [-0.4, -0.2) is 20.2 Å². The number of hydrogen-bond donors (Lipinski definition) is 0. The Labute approximate surface area is 186 Å². The van der Waals surface area contributed by atoms with Crippen LogP contribution in [0, 0.1) is 15.3 Å². The third-order valence-corrected chi connectivity index (χ3v) is 4.92. The Kier molecular flexibility index (Phi) is 9.00. The molecule has 1 heterocycles. The average molecular weight is 478 g/mol. The van der Waals surface area contributed by atoms with E-state index in [4.69, 9.17) is 66.5 Å². The molecule has 0 bridgehead atoms. The summed E-state index contributed by atoms with van der Waals surface area (Å²) in [5.74, 6) is 0. The van der Waals surface area contributed by atoms with Crippen LogP contribution in [0.15, 0.2) is 61.2 Å². The van der Waals surface area contributed by atoms with E-state index in [0.717, 1.165) is 11.1 Å². The summed E-state index contributed by atoms with van der Waals surface area (Å²) in [6.45, 7) is 0.267. The van der Waals surface area contributed by atoms with Gasteiger partial charge in [-0.3, -0.25) is 0 Å². The van der Waals surface area contributed by atoms with Crippen molar-refractivity contribution in [3.63, 3.8) is 0 Å². The molecule has 0 fully saturated rings. The fraction of sp³-hybridized carbons (Fsp3) is 0.167. The van der Waals surface area contributed by atoms with Crippen LogP contribution >= 0.6 is 46.4 Å². The van der Waals surface area contributed by atoms with Gasteiger partial charge in [0.1, 0.15) is 0 Å². The minimum atomic E-state index is -1.75. The van der Waals surface area contributed by atoms with Gasteiger partial charge in [0.2, 0.25) is 0 Å². The molecule has 0 saturated carbocycles. The highest BCUT2D eigenvalue weighted by molar-refractivity contribution is 6.35. The molecule has 2 aromatic carbocycles. The molecule has 2 unspecified atom stereocenters. The molecule has 0 radical (unpaired) electrons. The molecule has 0 saturated heterocycles. The van der Waals surface area contributed by atoms with Crippen LogP contribution in [0.5, 0.6) is 0 Å². The van der Waals surface area contributed by atoms with Gasteiger partial charge in [0.05, 0.1) is 24.1 Å². The summed E-state index contributed by atoms with van der Waals surface area (Å²) < 4.78 is 7.77. The summed E-state index contributed by atoms with van der Waals surface area (Å²) in [5.41, 5.74) is 1.14. The van der Waals surface area contributed by atoms with E-state index < -0.39 is 10.6 Å². The average Bonchev–Trinajstić information content (AvgIpc) is 3.16. The highest BCUT2D eigenvalue weighted by Crippen LogP contribution is 2.29. The predicted molar refractivity (Wildman–Crippen MR) is 113 cm³/mol. The predicted octanol–water partition coefficient (Wildman–Crippen LogP) is 5.98. The van der Waals surface area contributed by atoms with Crippen molar-refractivity contribution in [2.75, 3.05) is 0 Å². The third-order valence-electron chi connectivity index (χ3n) is 3.72. The Hall–Kier alpha value is -2.03. The van der Waals surface area contributed by atoms with Crippen molar-refractivity contribution in [3.05, 3.63) is 103 Å². The number of hydrogen-bond acceptors (Lipinski definition) is 5. The van der Waals surface area contributed by atoms with Gasteiger partial charge >= 0.3 is 0 Å². The molecule has 29 heavy (non-hydrogen) atoms. The quantitative estimate of drug-likeness (QED) is 0.247. The molecular weight excluding hydrogens is 464 g/mol. The van der Waals surface area contributed by atoms with E-state index in [1.165, 1.54) is 0 Å². The van der Waals surface area contributed by atoms with E-state index in [0.29, 0.717) is 15.1 Å². The number of imidazole rings is 1. The Balaban J connectivity index is 0.000000687. The first-order valence-electron chi connectivity index (χ1n) is 8.02. The van der Waals surface area contributed by atoms with Crippen molar-refractivity contribution in [1.29, 1.82) is 0 Å². The molecule has 11 heteroatoms. The lowest BCUT2D eigenvalue weighted by atomic mass is 10.1. The van der Waals surface area contributed by atoms with E-state index in [2.05, 4.69) is 4.98 Å². The third kappa shape index (κ3) is 7.38. The fourth-order valence-electron chi connectivity index (χ4n) is 2.45. The van der Waals surface area contributed by atoms with Crippen LogP contribution < -0.4 is 0 Å². The maximum Gasteiger partial charge on any atom is 0.156 e. The summed E-state index contributed by atoms with van der Waals surface area (Å²) in [6, 6.07) is 12.5. The zero-order chi connectivity index (χ0) is 21.4. The molecule has 0 amide bonds. The lowest BCUT2D eigenvalue weighted by Gasteiger charge is -2.24. The van der Waals surface area contributed by atoms with Crippen molar-refractivity contribution in [3.8, 4) is 0 Å². The van der Waals surface area contributed by atoms with Crippen LogP contribution in [0.1, 0.15) is 17.2 Å². The maximum atomic E-state index is 8.25. The van der Waals surface area contributed by atoms with Gasteiger partial charge in [0.25, 0.3) is 0 Å². The Bertz CT molecular complexity index is 919. The topological polar surface area (TPSA) is 93.2 Å². The minimum Gasteiger partial charge on any atom is -0.356 e. The van der Waals surface area contributed by atoms with Gasteiger partial charge in [0, 0.05) is 27.5 Å². The molecule has 2 atom stereocenters. The molecule has 3 rings (SSSR count). The van der Waals surface area contributed by atoms with Crippen LogP contribution in [0.25, 0.3) is 0 Å². The number of ether oxygens (including phenoxy) is 1. The van der Waals surface area contributed by atoms with Crippen molar-refractivity contribution in [2.45, 2.75) is 18.2 Å². The highest BCUT2D eigenvalue weighted by Gasteiger charge is 2.24. The lowest BCUT2D eigenvalue weighted by molar-refractivity contribution is -0.402. The maximum absolute atomic E-state index is 8.25. The van der Waals surface area contributed by atoms with Gasteiger partial charge in [-0.25, -0.2) is 4.98 Å². The second-order valence-corrected chi connectivity index (χ2v) is 7.34. The van der Waals surface area contributed by atoms with Gasteiger partial charge in [-0.1, -0.05) is 64.6 Å².